The van der Waals surface area contributed by atoms with Crippen LogP contribution in [0.3, 0.4) is 0 Å². The van der Waals surface area contributed by atoms with Crippen molar-refractivity contribution in [1.82, 2.24) is 15.0 Å². The maximum Gasteiger partial charge on any atom is 0.138 e. The number of aromatic nitrogens is 3. The lowest BCUT2D eigenvalue weighted by atomic mass is 9.98. The topological polar surface area (TPSA) is 73.9 Å². The molecule has 2 rings (SSSR count). The molecule has 0 fully saturated rings. The Kier molecular flexibility index (Phi) is 4.17. The van der Waals surface area contributed by atoms with Crippen LogP contribution in [-0.2, 0) is 0 Å². The van der Waals surface area contributed by atoms with Crippen LogP contribution in [0.25, 0.3) is 11.3 Å². The van der Waals surface area contributed by atoms with Crippen LogP contribution in [-0.4, -0.2) is 21.1 Å². The second kappa shape index (κ2) is 5.86. The van der Waals surface area contributed by atoms with Crippen molar-refractivity contribution < 1.29 is 4.74 Å². The first kappa shape index (κ1) is 14.2. The third-order valence-corrected chi connectivity index (χ3v) is 2.85. The number of rotatable bonds is 4. The van der Waals surface area contributed by atoms with Crippen molar-refractivity contribution in [2.24, 2.45) is 0 Å². The summed E-state index contributed by atoms with van der Waals surface area (Å²) in [5, 5.41) is 0. The Morgan fingerprint density at radius 1 is 1.10 bits per heavy atom. The van der Waals surface area contributed by atoms with Gasteiger partial charge in [0.05, 0.1) is 18.0 Å². The Morgan fingerprint density at radius 2 is 1.85 bits per heavy atom. The zero-order chi connectivity index (χ0) is 14.7. The molecule has 106 valence electrons. The average molecular weight is 272 g/mol. The lowest BCUT2D eigenvalue weighted by Crippen LogP contribution is -2.07. The van der Waals surface area contributed by atoms with Crippen molar-refractivity contribution in [3.63, 3.8) is 0 Å². The summed E-state index contributed by atoms with van der Waals surface area (Å²) in [6, 6.07) is 1.93. The van der Waals surface area contributed by atoms with E-state index in [1.165, 1.54) is 6.33 Å². The van der Waals surface area contributed by atoms with Gasteiger partial charge in [0.25, 0.3) is 0 Å². The molecule has 0 unspecified atom stereocenters. The molecule has 0 aromatic carbocycles. The van der Waals surface area contributed by atoms with Gasteiger partial charge in [-0.1, -0.05) is 13.8 Å². The maximum atomic E-state index is 5.98. The zero-order valence-corrected chi connectivity index (χ0v) is 12.3. The molecule has 0 atom stereocenters. The number of ether oxygens (including phenoxy) is 1. The van der Waals surface area contributed by atoms with Crippen LogP contribution in [0.4, 0.5) is 5.82 Å². The van der Waals surface area contributed by atoms with Crippen LogP contribution in [0.5, 0.6) is 5.75 Å². The molecule has 0 radical (unpaired) electrons. The van der Waals surface area contributed by atoms with Gasteiger partial charge in [0.15, 0.2) is 0 Å². The predicted molar refractivity (Wildman–Crippen MR) is 79.5 cm³/mol. The Hall–Kier alpha value is -2.17. The van der Waals surface area contributed by atoms with E-state index in [9.17, 15) is 0 Å². The number of pyridine rings is 1. The molecule has 5 nitrogen and oxygen atoms in total. The Labute approximate surface area is 119 Å². The average Bonchev–Trinajstić information content (AvgIpc) is 2.37. The standard InChI is InChI=1S/C15H20N4O/c1-9(2)13-14(18-8-19-15(13)16)11-5-12(7-17-6-11)20-10(3)4/h5-10H,1-4H3,(H2,16,18,19). The van der Waals surface area contributed by atoms with Gasteiger partial charge in [-0.15, -0.1) is 0 Å². The largest absolute Gasteiger partial charge is 0.489 e. The number of nitrogens with zero attached hydrogens (tertiary/aromatic N) is 3. The highest BCUT2D eigenvalue weighted by Gasteiger charge is 2.15. The number of hydrogen-bond donors (Lipinski definition) is 1. The second-order valence-corrected chi connectivity index (χ2v) is 5.25. The molecule has 20 heavy (non-hydrogen) atoms. The van der Waals surface area contributed by atoms with Crippen LogP contribution in [0.15, 0.2) is 24.8 Å². The molecule has 0 aliphatic heterocycles. The first-order valence-electron chi connectivity index (χ1n) is 6.71. The summed E-state index contributed by atoms with van der Waals surface area (Å²) in [4.78, 5) is 12.7. The van der Waals surface area contributed by atoms with E-state index in [1.54, 1.807) is 12.4 Å². The van der Waals surface area contributed by atoms with Crippen molar-refractivity contribution in [3.8, 4) is 17.0 Å². The van der Waals surface area contributed by atoms with Gasteiger partial charge in [-0.25, -0.2) is 9.97 Å². The van der Waals surface area contributed by atoms with Crippen molar-refractivity contribution in [2.45, 2.75) is 39.7 Å². The molecule has 0 spiro atoms. The minimum Gasteiger partial charge on any atom is -0.489 e. The third kappa shape index (κ3) is 3.04. The fraction of sp³-hybridized carbons (Fsp3) is 0.400. The Balaban J connectivity index is 2.49. The zero-order valence-electron chi connectivity index (χ0n) is 12.3. The number of hydrogen-bond acceptors (Lipinski definition) is 5. The lowest BCUT2D eigenvalue weighted by Gasteiger charge is -2.14. The Bertz CT molecular complexity index is 596. The number of nitrogen functional groups attached to an aromatic ring is 1. The third-order valence-electron chi connectivity index (χ3n) is 2.85. The molecule has 0 aliphatic rings. The molecule has 0 saturated heterocycles. The molecule has 0 amide bonds. The summed E-state index contributed by atoms with van der Waals surface area (Å²) in [5.41, 5.74) is 8.62. The first-order chi connectivity index (χ1) is 9.49. The van der Waals surface area contributed by atoms with E-state index >= 15 is 0 Å². The highest BCUT2D eigenvalue weighted by Crippen LogP contribution is 2.31. The van der Waals surface area contributed by atoms with E-state index in [0.29, 0.717) is 5.82 Å². The van der Waals surface area contributed by atoms with Crippen molar-refractivity contribution in [1.29, 1.82) is 0 Å². The highest BCUT2D eigenvalue weighted by atomic mass is 16.5. The van der Waals surface area contributed by atoms with Crippen LogP contribution in [0.2, 0.25) is 0 Å². The minimum atomic E-state index is 0.104. The first-order valence-corrected chi connectivity index (χ1v) is 6.71. The number of nitrogens with two attached hydrogens (primary N) is 1. The summed E-state index contributed by atoms with van der Waals surface area (Å²) in [7, 11) is 0. The Morgan fingerprint density at radius 3 is 2.50 bits per heavy atom. The molecule has 0 saturated carbocycles. The normalized spacial score (nSPS) is 11.1. The molecule has 2 N–H and O–H groups in total. The van der Waals surface area contributed by atoms with Crippen molar-refractivity contribution >= 4 is 5.82 Å². The van der Waals surface area contributed by atoms with E-state index in [0.717, 1.165) is 22.6 Å². The monoisotopic (exact) mass is 272 g/mol. The minimum absolute atomic E-state index is 0.104. The van der Waals surface area contributed by atoms with Gasteiger partial charge < -0.3 is 10.5 Å². The summed E-state index contributed by atoms with van der Waals surface area (Å²) in [5.74, 6) is 1.48. The quantitative estimate of drug-likeness (QED) is 0.926. The van der Waals surface area contributed by atoms with Gasteiger partial charge in [-0.3, -0.25) is 4.98 Å². The van der Waals surface area contributed by atoms with Crippen LogP contribution in [0.1, 0.15) is 39.2 Å². The van der Waals surface area contributed by atoms with Crippen LogP contribution < -0.4 is 10.5 Å². The summed E-state index contributed by atoms with van der Waals surface area (Å²) >= 11 is 0. The van der Waals surface area contributed by atoms with Gasteiger partial charge in [0.2, 0.25) is 0 Å². The van der Waals surface area contributed by atoms with Gasteiger partial charge in [0.1, 0.15) is 17.9 Å². The molecule has 0 aliphatic carbocycles. The van der Waals surface area contributed by atoms with Gasteiger partial charge in [-0.2, -0.15) is 0 Å². The molecule has 2 heterocycles. The van der Waals surface area contributed by atoms with Crippen molar-refractivity contribution in [2.75, 3.05) is 5.73 Å². The lowest BCUT2D eigenvalue weighted by molar-refractivity contribution is 0.241. The summed E-state index contributed by atoms with van der Waals surface area (Å²) in [6.07, 6.45) is 5.04. The summed E-state index contributed by atoms with van der Waals surface area (Å²) < 4.78 is 5.67. The number of anilines is 1. The van der Waals surface area contributed by atoms with E-state index in [-0.39, 0.29) is 12.0 Å². The van der Waals surface area contributed by atoms with E-state index in [2.05, 4.69) is 28.8 Å². The second-order valence-electron chi connectivity index (χ2n) is 5.25. The van der Waals surface area contributed by atoms with Crippen LogP contribution >= 0.6 is 0 Å². The molecule has 2 aromatic rings. The van der Waals surface area contributed by atoms with E-state index in [1.807, 2.05) is 19.9 Å². The highest BCUT2D eigenvalue weighted by molar-refractivity contribution is 5.68. The predicted octanol–water partition coefficient (Wildman–Crippen LogP) is 3.03. The maximum absolute atomic E-state index is 5.98. The smallest absolute Gasteiger partial charge is 0.138 e. The fourth-order valence-electron chi connectivity index (χ4n) is 2.09. The van der Waals surface area contributed by atoms with E-state index < -0.39 is 0 Å². The molecular formula is C15H20N4O. The fourth-order valence-corrected chi connectivity index (χ4v) is 2.09. The van der Waals surface area contributed by atoms with Crippen molar-refractivity contribution in [3.05, 3.63) is 30.4 Å². The summed E-state index contributed by atoms with van der Waals surface area (Å²) in [6.45, 7) is 8.10. The van der Waals surface area contributed by atoms with E-state index in [4.69, 9.17) is 10.5 Å². The molecule has 5 heteroatoms. The molecule has 2 aromatic heterocycles. The van der Waals surface area contributed by atoms with Gasteiger partial charge in [0, 0.05) is 17.3 Å². The SMILES string of the molecule is CC(C)Oc1cncc(-c2ncnc(N)c2C(C)C)c1. The van der Waals surface area contributed by atoms with Gasteiger partial charge in [-0.05, 0) is 25.8 Å². The molecular weight excluding hydrogens is 252 g/mol. The van der Waals surface area contributed by atoms with Gasteiger partial charge >= 0.3 is 0 Å². The molecule has 0 bridgehead atoms. The van der Waals surface area contributed by atoms with Crippen LogP contribution in [0, 0.1) is 0 Å².